The maximum atomic E-state index is 5.05. The monoisotopic (exact) mass is 642 g/mol. The van der Waals surface area contributed by atoms with E-state index in [4.69, 9.17) is 15.0 Å². The molecule has 0 atom stereocenters. The van der Waals surface area contributed by atoms with Crippen LogP contribution in [0, 0.1) is 13.8 Å². The number of pyridine rings is 1. The highest BCUT2D eigenvalue weighted by atomic mass is 15.0. The van der Waals surface area contributed by atoms with Crippen LogP contribution in [0.15, 0.2) is 170 Å². The fourth-order valence-electron chi connectivity index (χ4n) is 6.43. The van der Waals surface area contributed by atoms with Crippen LogP contribution >= 0.6 is 0 Å². The highest BCUT2D eigenvalue weighted by molar-refractivity contribution is 5.87. The predicted octanol–water partition coefficient (Wildman–Crippen LogP) is 11.6. The number of aryl methyl sites for hydroxylation is 2. The number of aromatic nitrogens is 4. The van der Waals surface area contributed by atoms with Gasteiger partial charge in [0.05, 0.1) is 0 Å². The lowest BCUT2D eigenvalue weighted by Gasteiger charge is -2.14. The van der Waals surface area contributed by atoms with Gasteiger partial charge < -0.3 is 0 Å². The molecule has 0 spiro atoms. The van der Waals surface area contributed by atoms with Crippen molar-refractivity contribution in [1.82, 2.24) is 19.9 Å². The van der Waals surface area contributed by atoms with Crippen LogP contribution < -0.4 is 0 Å². The molecule has 0 radical (unpaired) electrons. The first kappa shape index (κ1) is 30.8. The summed E-state index contributed by atoms with van der Waals surface area (Å²) in [6.07, 6.45) is 0. The molecule has 0 unspecified atom stereocenters. The molecule has 0 fully saturated rings. The van der Waals surface area contributed by atoms with Crippen LogP contribution in [0.25, 0.3) is 78.7 Å². The fourth-order valence-corrected chi connectivity index (χ4v) is 6.43. The van der Waals surface area contributed by atoms with Crippen molar-refractivity contribution in [2.24, 2.45) is 0 Å². The lowest BCUT2D eigenvalue weighted by atomic mass is 9.91. The number of hydrogen-bond acceptors (Lipinski definition) is 4. The van der Waals surface area contributed by atoms with E-state index in [2.05, 4.69) is 138 Å². The Morgan fingerprint density at radius 2 is 0.740 bits per heavy atom. The molecule has 238 valence electrons. The van der Waals surface area contributed by atoms with Crippen LogP contribution in [0.2, 0.25) is 0 Å². The zero-order valence-corrected chi connectivity index (χ0v) is 28.0. The highest BCUT2D eigenvalue weighted by Crippen LogP contribution is 2.37. The fraction of sp³-hybridized carbons (Fsp3) is 0.0435. The van der Waals surface area contributed by atoms with Crippen LogP contribution in [0.1, 0.15) is 11.4 Å². The molecule has 0 saturated heterocycles. The highest BCUT2D eigenvalue weighted by Gasteiger charge is 2.15. The Bertz CT molecular complexity index is 2420. The molecule has 0 aliphatic rings. The summed E-state index contributed by atoms with van der Waals surface area (Å²) in [6, 6.07) is 59.0. The summed E-state index contributed by atoms with van der Waals surface area (Å²) >= 11 is 0. The second kappa shape index (κ2) is 13.5. The molecule has 8 rings (SSSR count). The first-order valence-electron chi connectivity index (χ1n) is 16.8. The lowest BCUT2D eigenvalue weighted by Crippen LogP contribution is -2.00. The van der Waals surface area contributed by atoms with E-state index in [-0.39, 0.29) is 0 Å². The second-order valence-corrected chi connectivity index (χ2v) is 12.4. The summed E-state index contributed by atoms with van der Waals surface area (Å²) in [4.78, 5) is 19.7. The minimum absolute atomic E-state index is 0.625. The molecule has 0 N–H and O–H groups in total. The zero-order chi connectivity index (χ0) is 33.9. The van der Waals surface area contributed by atoms with Gasteiger partial charge in [0.1, 0.15) is 0 Å². The lowest BCUT2D eigenvalue weighted by molar-refractivity contribution is 1.07. The minimum Gasteiger partial charge on any atom is -0.258 e. The summed E-state index contributed by atoms with van der Waals surface area (Å²) in [6.45, 7) is 4.06. The van der Waals surface area contributed by atoms with E-state index in [0.29, 0.717) is 17.5 Å². The molecule has 2 heterocycles. The normalized spacial score (nSPS) is 11.0. The number of nitrogens with zero attached hydrogens (tertiary/aromatic N) is 4. The second-order valence-electron chi connectivity index (χ2n) is 12.4. The van der Waals surface area contributed by atoms with Gasteiger partial charge in [-0.15, -0.1) is 0 Å². The van der Waals surface area contributed by atoms with Gasteiger partial charge in [-0.3, -0.25) is 4.98 Å². The largest absolute Gasteiger partial charge is 0.258 e. The maximum absolute atomic E-state index is 5.05. The molecule has 2 aromatic heterocycles. The molecule has 50 heavy (non-hydrogen) atoms. The van der Waals surface area contributed by atoms with Gasteiger partial charge in [0.2, 0.25) is 0 Å². The van der Waals surface area contributed by atoms with Crippen molar-refractivity contribution in [3.63, 3.8) is 0 Å². The number of rotatable bonds is 7. The molecule has 4 nitrogen and oxygen atoms in total. The van der Waals surface area contributed by atoms with Gasteiger partial charge in [0, 0.05) is 33.6 Å². The molecule has 0 bridgehead atoms. The Morgan fingerprint density at radius 1 is 0.280 bits per heavy atom. The van der Waals surface area contributed by atoms with Crippen molar-refractivity contribution >= 4 is 0 Å². The van der Waals surface area contributed by atoms with Gasteiger partial charge in [0.15, 0.2) is 17.5 Å². The van der Waals surface area contributed by atoms with E-state index >= 15 is 0 Å². The molecule has 0 saturated carbocycles. The molecular formula is C46H34N4. The Morgan fingerprint density at radius 3 is 1.38 bits per heavy atom. The number of benzene rings is 6. The van der Waals surface area contributed by atoms with Crippen LogP contribution in [0.3, 0.4) is 0 Å². The van der Waals surface area contributed by atoms with E-state index in [9.17, 15) is 0 Å². The van der Waals surface area contributed by atoms with Crippen molar-refractivity contribution in [2.45, 2.75) is 13.8 Å². The third-order valence-corrected chi connectivity index (χ3v) is 8.99. The molecule has 0 amide bonds. The number of hydrogen-bond donors (Lipinski definition) is 0. The van der Waals surface area contributed by atoms with E-state index in [1.807, 2.05) is 50.2 Å². The summed E-state index contributed by atoms with van der Waals surface area (Å²) in [5, 5.41) is 0. The molecule has 4 heteroatoms. The van der Waals surface area contributed by atoms with E-state index in [1.54, 1.807) is 0 Å². The molecule has 8 aromatic rings. The van der Waals surface area contributed by atoms with Crippen LogP contribution in [-0.2, 0) is 0 Å². The van der Waals surface area contributed by atoms with Crippen LogP contribution in [0.4, 0.5) is 0 Å². The Hall–Kier alpha value is -6.52. The van der Waals surface area contributed by atoms with Gasteiger partial charge in [-0.1, -0.05) is 152 Å². The zero-order valence-electron chi connectivity index (χ0n) is 28.0. The molecule has 0 aliphatic heterocycles. The van der Waals surface area contributed by atoms with Crippen LogP contribution in [-0.4, -0.2) is 19.9 Å². The molecular weight excluding hydrogens is 609 g/mol. The van der Waals surface area contributed by atoms with E-state index < -0.39 is 0 Å². The van der Waals surface area contributed by atoms with Crippen LogP contribution in [0.5, 0.6) is 0 Å². The first-order chi connectivity index (χ1) is 24.6. The summed E-state index contributed by atoms with van der Waals surface area (Å²) in [5.41, 5.74) is 14.0. The SMILES string of the molecule is Cc1ccc(-c2cccc(-c3nc(-c4ccccc4)nc(-c4ccc(-c5ccc(-c6ccccc6)cc5-c5ccccc5)cc4)n3)c2)c(C)n1. The summed E-state index contributed by atoms with van der Waals surface area (Å²) in [5.74, 6) is 1.89. The summed E-state index contributed by atoms with van der Waals surface area (Å²) < 4.78 is 0. The maximum Gasteiger partial charge on any atom is 0.164 e. The first-order valence-corrected chi connectivity index (χ1v) is 16.8. The molecule has 0 aliphatic carbocycles. The topological polar surface area (TPSA) is 51.6 Å². The van der Waals surface area contributed by atoms with Gasteiger partial charge in [-0.05, 0) is 71.0 Å². The average Bonchev–Trinajstić information content (AvgIpc) is 3.19. The van der Waals surface area contributed by atoms with Crippen molar-refractivity contribution in [1.29, 1.82) is 0 Å². The van der Waals surface area contributed by atoms with Gasteiger partial charge in [-0.25, -0.2) is 15.0 Å². The quantitative estimate of drug-likeness (QED) is 0.174. The molecule has 6 aromatic carbocycles. The Labute approximate surface area is 292 Å². The van der Waals surface area contributed by atoms with Gasteiger partial charge >= 0.3 is 0 Å². The van der Waals surface area contributed by atoms with Gasteiger partial charge in [0.25, 0.3) is 0 Å². The van der Waals surface area contributed by atoms with Crippen molar-refractivity contribution in [2.75, 3.05) is 0 Å². The smallest absolute Gasteiger partial charge is 0.164 e. The minimum atomic E-state index is 0.625. The van der Waals surface area contributed by atoms with Crippen molar-refractivity contribution in [3.8, 4) is 78.7 Å². The van der Waals surface area contributed by atoms with Gasteiger partial charge in [-0.2, -0.15) is 0 Å². The third-order valence-electron chi connectivity index (χ3n) is 8.99. The standard InChI is InChI=1S/C46H34N4/c1-31-21-27-41(32(2)47-31)39-19-12-20-40(29-39)46-49-44(36-17-10-5-11-18-36)48-45(50-46)37-24-22-35(23-25-37)42-28-26-38(33-13-6-3-7-14-33)30-43(42)34-15-8-4-9-16-34/h3-30H,1-2H3. The Kier molecular flexibility index (Phi) is 8.34. The van der Waals surface area contributed by atoms with Crippen molar-refractivity contribution < 1.29 is 0 Å². The van der Waals surface area contributed by atoms with Crippen molar-refractivity contribution in [3.05, 3.63) is 181 Å². The van der Waals surface area contributed by atoms with E-state index in [0.717, 1.165) is 44.8 Å². The third kappa shape index (κ3) is 6.35. The predicted molar refractivity (Wildman–Crippen MR) is 205 cm³/mol. The Balaban J connectivity index is 1.20. The van der Waals surface area contributed by atoms with E-state index in [1.165, 1.54) is 27.8 Å². The summed E-state index contributed by atoms with van der Waals surface area (Å²) in [7, 11) is 0. The average molecular weight is 643 g/mol.